The van der Waals surface area contributed by atoms with Crippen molar-refractivity contribution in [3.05, 3.63) is 57.2 Å². The van der Waals surface area contributed by atoms with E-state index in [0.717, 1.165) is 14.8 Å². The average molecular weight is 476 g/mol. The van der Waals surface area contributed by atoms with E-state index in [1.54, 1.807) is 7.11 Å². The molecule has 2 aromatic rings. The summed E-state index contributed by atoms with van der Waals surface area (Å²) in [6, 6.07) is 13.2. The van der Waals surface area contributed by atoms with Gasteiger partial charge in [0.2, 0.25) is 0 Å². The summed E-state index contributed by atoms with van der Waals surface area (Å²) in [5.74, 6) is 1.21. The molecule has 2 aromatic carbocycles. The van der Waals surface area contributed by atoms with Crippen molar-refractivity contribution < 1.29 is 14.3 Å². The smallest absolute Gasteiger partial charge is 0.280 e. The van der Waals surface area contributed by atoms with Crippen molar-refractivity contribution in [1.29, 1.82) is 0 Å². The topological polar surface area (TPSA) is 51.1 Å². The number of benzene rings is 2. The summed E-state index contributed by atoms with van der Waals surface area (Å²) < 4.78 is 12.3. The van der Waals surface area contributed by atoms with Gasteiger partial charge < -0.3 is 9.47 Å². The Bertz CT molecular complexity index is 921. The lowest BCUT2D eigenvalue weighted by molar-refractivity contribution is -0.114. The highest BCUT2D eigenvalue weighted by Crippen LogP contribution is 2.36. The van der Waals surface area contributed by atoms with Crippen LogP contribution in [-0.4, -0.2) is 24.8 Å². The number of para-hydroxylation sites is 1. The zero-order valence-electron chi connectivity index (χ0n) is 15.7. The van der Waals surface area contributed by atoms with E-state index >= 15 is 0 Å². The van der Waals surface area contributed by atoms with Crippen LogP contribution < -0.4 is 14.5 Å². The van der Waals surface area contributed by atoms with Gasteiger partial charge in [-0.2, -0.15) is 10.1 Å². The highest BCUT2D eigenvalue weighted by molar-refractivity contribution is 14.1. The molecule has 6 heteroatoms. The summed E-state index contributed by atoms with van der Waals surface area (Å²) in [6.45, 7) is 5.78. The van der Waals surface area contributed by atoms with Crippen molar-refractivity contribution in [2.75, 3.05) is 12.1 Å². The molecule has 0 saturated heterocycles. The molecule has 0 radical (unpaired) electrons. The molecule has 0 atom stereocenters. The molecule has 27 heavy (non-hydrogen) atoms. The monoisotopic (exact) mass is 476 g/mol. The van der Waals surface area contributed by atoms with Crippen molar-refractivity contribution in [1.82, 2.24) is 0 Å². The number of hydrogen-bond acceptors (Lipinski definition) is 4. The lowest BCUT2D eigenvalue weighted by Crippen LogP contribution is -2.21. The van der Waals surface area contributed by atoms with Crippen LogP contribution in [0.5, 0.6) is 11.5 Å². The van der Waals surface area contributed by atoms with Gasteiger partial charge in [-0.15, -0.1) is 0 Å². The molecule has 0 fully saturated rings. The van der Waals surface area contributed by atoms with Gasteiger partial charge in [0, 0.05) is 0 Å². The fraction of sp³-hybridized carbons (Fsp3) is 0.238. The molecule has 1 heterocycles. The Balaban J connectivity index is 1.96. The Morgan fingerprint density at radius 1 is 1.19 bits per heavy atom. The molecule has 0 N–H and O–H groups in total. The van der Waals surface area contributed by atoms with Crippen molar-refractivity contribution in [2.45, 2.75) is 26.9 Å². The van der Waals surface area contributed by atoms with Gasteiger partial charge in [-0.25, -0.2) is 0 Å². The Labute approximate surface area is 172 Å². The third-order valence-electron chi connectivity index (χ3n) is 3.98. The fourth-order valence-corrected chi connectivity index (χ4v) is 3.52. The van der Waals surface area contributed by atoms with Crippen LogP contribution >= 0.6 is 22.6 Å². The van der Waals surface area contributed by atoms with Crippen LogP contribution in [-0.2, 0) is 4.79 Å². The summed E-state index contributed by atoms with van der Waals surface area (Å²) >= 11 is 2.22. The lowest BCUT2D eigenvalue weighted by atomic mass is 10.1. The molecule has 1 aliphatic heterocycles. The highest BCUT2D eigenvalue weighted by atomic mass is 127. The molecular weight excluding hydrogens is 455 g/mol. The second-order valence-electron chi connectivity index (χ2n) is 6.40. The molecule has 0 bridgehead atoms. The Morgan fingerprint density at radius 3 is 2.52 bits per heavy atom. The van der Waals surface area contributed by atoms with E-state index < -0.39 is 0 Å². The van der Waals surface area contributed by atoms with Crippen LogP contribution in [0.1, 0.15) is 26.3 Å². The van der Waals surface area contributed by atoms with Gasteiger partial charge >= 0.3 is 0 Å². The summed E-state index contributed by atoms with van der Waals surface area (Å²) in [4.78, 5) is 12.9. The van der Waals surface area contributed by atoms with Gasteiger partial charge in [0.1, 0.15) is 0 Å². The van der Waals surface area contributed by atoms with E-state index in [1.165, 1.54) is 5.01 Å². The Hall–Kier alpha value is -2.35. The van der Waals surface area contributed by atoms with Crippen molar-refractivity contribution in [3.8, 4) is 11.5 Å². The molecule has 1 amide bonds. The number of amides is 1. The highest BCUT2D eigenvalue weighted by Gasteiger charge is 2.28. The van der Waals surface area contributed by atoms with Gasteiger partial charge in [-0.1, -0.05) is 18.2 Å². The van der Waals surface area contributed by atoms with E-state index in [1.807, 2.05) is 69.3 Å². The summed E-state index contributed by atoms with van der Waals surface area (Å²) in [5, 5.41) is 5.84. The van der Waals surface area contributed by atoms with Crippen LogP contribution in [0.4, 0.5) is 5.69 Å². The molecule has 0 aromatic heterocycles. The molecule has 5 nitrogen and oxygen atoms in total. The fourth-order valence-electron chi connectivity index (χ4n) is 2.77. The van der Waals surface area contributed by atoms with Crippen LogP contribution in [0.25, 0.3) is 6.08 Å². The summed E-state index contributed by atoms with van der Waals surface area (Å²) in [7, 11) is 1.61. The number of hydrazone groups is 1. The first-order chi connectivity index (χ1) is 12.9. The molecule has 0 spiro atoms. The quantitative estimate of drug-likeness (QED) is 0.456. The number of hydrogen-bond donors (Lipinski definition) is 0. The Morgan fingerprint density at radius 2 is 1.89 bits per heavy atom. The van der Waals surface area contributed by atoms with Gasteiger partial charge in [0.25, 0.3) is 5.91 Å². The zero-order chi connectivity index (χ0) is 19.6. The number of carbonyl (C=O) groups excluding carboxylic acids is 1. The van der Waals surface area contributed by atoms with Crippen LogP contribution in [0.15, 0.2) is 53.1 Å². The molecule has 1 aliphatic rings. The third-order valence-corrected chi connectivity index (χ3v) is 4.78. The van der Waals surface area contributed by atoms with Crippen molar-refractivity contribution in [3.63, 3.8) is 0 Å². The zero-order valence-corrected chi connectivity index (χ0v) is 17.9. The van der Waals surface area contributed by atoms with E-state index in [0.29, 0.717) is 22.8 Å². The van der Waals surface area contributed by atoms with Crippen molar-refractivity contribution in [2.24, 2.45) is 5.10 Å². The first kappa shape index (κ1) is 19.4. The maximum absolute atomic E-state index is 12.9. The minimum atomic E-state index is -0.143. The SMILES string of the molecule is COc1cc(/C=C2\C(=O)N(c3ccccc3)N=C2C)cc(I)c1OC(C)C. The van der Waals surface area contributed by atoms with E-state index in [4.69, 9.17) is 9.47 Å². The van der Waals surface area contributed by atoms with Gasteiger partial charge in [-0.3, -0.25) is 4.79 Å². The maximum Gasteiger partial charge on any atom is 0.280 e. The van der Waals surface area contributed by atoms with Gasteiger partial charge in [0.05, 0.1) is 33.8 Å². The molecular formula is C21H21IN2O3. The number of rotatable bonds is 5. The third kappa shape index (κ3) is 4.16. The number of nitrogens with zero attached hydrogens (tertiary/aromatic N) is 2. The van der Waals surface area contributed by atoms with Crippen LogP contribution in [0.3, 0.4) is 0 Å². The van der Waals surface area contributed by atoms with Gasteiger partial charge in [0.15, 0.2) is 11.5 Å². The predicted molar refractivity (Wildman–Crippen MR) is 116 cm³/mol. The first-order valence-electron chi connectivity index (χ1n) is 8.61. The van der Waals surface area contributed by atoms with Gasteiger partial charge in [-0.05, 0) is 79.3 Å². The average Bonchev–Trinajstić information content (AvgIpc) is 2.92. The standard InChI is InChI=1S/C21H21IN2O3/c1-13(2)27-20-18(22)11-15(12-19(20)26-4)10-17-14(3)23-24(21(17)25)16-8-6-5-7-9-16/h5-13H,1-4H3/b17-10-. The molecule has 0 unspecified atom stereocenters. The molecule has 0 saturated carbocycles. The number of carbonyl (C=O) groups is 1. The normalized spacial score (nSPS) is 15.5. The maximum atomic E-state index is 12.9. The summed E-state index contributed by atoms with van der Waals surface area (Å²) in [6.07, 6.45) is 1.88. The second-order valence-corrected chi connectivity index (χ2v) is 7.56. The minimum absolute atomic E-state index is 0.0434. The minimum Gasteiger partial charge on any atom is -0.493 e. The first-order valence-corrected chi connectivity index (χ1v) is 9.69. The van der Waals surface area contributed by atoms with E-state index in [9.17, 15) is 4.79 Å². The molecule has 140 valence electrons. The predicted octanol–water partition coefficient (Wildman–Crippen LogP) is 4.89. The Kier molecular flexibility index (Phi) is 5.84. The molecule has 0 aliphatic carbocycles. The largest absolute Gasteiger partial charge is 0.493 e. The number of methoxy groups -OCH3 is 1. The van der Waals surface area contributed by atoms with E-state index in [2.05, 4.69) is 27.7 Å². The van der Waals surface area contributed by atoms with Crippen LogP contribution in [0, 0.1) is 3.57 Å². The van der Waals surface area contributed by atoms with Crippen molar-refractivity contribution >= 4 is 46.0 Å². The lowest BCUT2D eigenvalue weighted by Gasteiger charge is -2.16. The number of anilines is 1. The number of halogens is 1. The number of ether oxygens (including phenoxy) is 2. The summed E-state index contributed by atoms with van der Waals surface area (Å²) in [5.41, 5.74) is 2.85. The van der Waals surface area contributed by atoms with Crippen LogP contribution in [0.2, 0.25) is 0 Å². The van der Waals surface area contributed by atoms with E-state index in [-0.39, 0.29) is 12.0 Å². The molecule has 3 rings (SSSR count). The second kappa shape index (κ2) is 8.12.